The van der Waals surface area contributed by atoms with Gasteiger partial charge in [-0.15, -0.1) is 0 Å². The summed E-state index contributed by atoms with van der Waals surface area (Å²) in [7, 11) is 0. The molecule has 2 nitrogen and oxygen atoms in total. The Morgan fingerprint density at radius 1 is 1.24 bits per heavy atom. The molecule has 0 fully saturated rings. The van der Waals surface area contributed by atoms with Crippen molar-refractivity contribution < 1.29 is 22.7 Å². The number of fused-ring (bicyclic) bond motifs is 1. The highest BCUT2D eigenvalue weighted by Crippen LogP contribution is 2.43. The molecule has 0 spiro atoms. The highest BCUT2D eigenvalue weighted by molar-refractivity contribution is 6.30. The van der Waals surface area contributed by atoms with Crippen LogP contribution in [0.15, 0.2) is 24.4 Å². The molecule has 21 heavy (non-hydrogen) atoms. The molecule has 1 atom stereocenters. The van der Waals surface area contributed by atoms with Crippen LogP contribution in [0.25, 0.3) is 5.69 Å². The summed E-state index contributed by atoms with van der Waals surface area (Å²) in [6.45, 7) is 0. The number of aliphatic hydroxyl groups is 1. The van der Waals surface area contributed by atoms with Crippen LogP contribution in [0.5, 0.6) is 0 Å². The summed E-state index contributed by atoms with van der Waals surface area (Å²) in [5, 5.41) is 9.74. The van der Waals surface area contributed by atoms with Gasteiger partial charge in [-0.2, -0.15) is 0 Å². The quantitative estimate of drug-likeness (QED) is 0.789. The van der Waals surface area contributed by atoms with Crippen LogP contribution >= 0.6 is 11.6 Å². The van der Waals surface area contributed by atoms with Crippen LogP contribution in [0.1, 0.15) is 23.8 Å². The molecule has 1 aromatic heterocycles. The van der Waals surface area contributed by atoms with Crippen molar-refractivity contribution in [3.63, 3.8) is 0 Å². The van der Waals surface area contributed by atoms with Crippen LogP contribution in [0.4, 0.5) is 17.6 Å². The first-order chi connectivity index (χ1) is 9.79. The van der Waals surface area contributed by atoms with E-state index in [-0.39, 0.29) is 22.8 Å². The maximum atomic E-state index is 13.9. The maximum absolute atomic E-state index is 13.9. The largest absolute Gasteiger partial charge is 0.382 e. The Morgan fingerprint density at radius 3 is 2.62 bits per heavy atom. The molecule has 0 saturated carbocycles. The zero-order chi connectivity index (χ0) is 15.4. The molecule has 0 amide bonds. The number of alkyl halides is 2. The Kier molecular flexibility index (Phi) is 3.26. The summed E-state index contributed by atoms with van der Waals surface area (Å²) in [5.74, 6) is -4.95. The monoisotopic (exact) mass is 319 g/mol. The summed E-state index contributed by atoms with van der Waals surface area (Å²) in [4.78, 5) is 0. The molecule has 2 aromatic rings. The third kappa shape index (κ3) is 2.32. The van der Waals surface area contributed by atoms with E-state index in [0.29, 0.717) is 0 Å². The smallest absolute Gasteiger partial charge is 0.278 e. The third-order valence-corrected chi connectivity index (χ3v) is 3.81. The summed E-state index contributed by atoms with van der Waals surface area (Å²) >= 11 is 5.75. The Morgan fingerprint density at radius 2 is 1.95 bits per heavy atom. The van der Waals surface area contributed by atoms with Crippen LogP contribution < -0.4 is 0 Å². The van der Waals surface area contributed by atoms with Gasteiger partial charge in [-0.3, -0.25) is 0 Å². The SMILES string of the molecule is OC1c2c(F)cn(-c3cc(F)cc(Cl)c3)c2CCC1(F)F. The van der Waals surface area contributed by atoms with Crippen molar-refractivity contribution in [2.24, 2.45) is 0 Å². The van der Waals surface area contributed by atoms with Crippen LogP contribution in [0.3, 0.4) is 0 Å². The van der Waals surface area contributed by atoms with Crippen LogP contribution in [0.2, 0.25) is 5.02 Å². The molecule has 1 aromatic carbocycles. The van der Waals surface area contributed by atoms with Gasteiger partial charge in [-0.1, -0.05) is 11.6 Å². The van der Waals surface area contributed by atoms with Crippen molar-refractivity contribution in [3.8, 4) is 5.69 Å². The van der Waals surface area contributed by atoms with Crippen molar-refractivity contribution >= 4 is 11.6 Å². The van der Waals surface area contributed by atoms with E-state index in [1.54, 1.807) is 0 Å². The van der Waals surface area contributed by atoms with E-state index >= 15 is 0 Å². The Labute approximate surface area is 122 Å². The average Bonchev–Trinajstić information content (AvgIpc) is 2.71. The van der Waals surface area contributed by atoms with Gasteiger partial charge in [0.2, 0.25) is 0 Å². The Balaban J connectivity index is 2.17. The molecular formula is C14H10ClF4NO. The topological polar surface area (TPSA) is 25.2 Å². The van der Waals surface area contributed by atoms with E-state index in [2.05, 4.69) is 0 Å². The molecule has 1 aliphatic carbocycles. The van der Waals surface area contributed by atoms with E-state index in [1.165, 1.54) is 10.6 Å². The summed E-state index contributed by atoms with van der Waals surface area (Å²) < 4.78 is 55.6. The lowest BCUT2D eigenvalue weighted by Crippen LogP contribution is -2.32. The first-order valence-corrected chi connectivity index (χ1v) is 6.59. The number of rotatable bonds is 1. The van der Waals surface area contributed by atoms with Crippen molar-refractivity contribution in [2.75, 3.05) is 0 Å². The zero-order valence-corrected chi connectivity index (χ0v) is 11.3. The van der Waals surface area contributed by atoms with Gasteiger partial charge in [-0.25, -0.2) is 17.6 Å². The minimum Gasteiger partial charge on any atom is -0.382 e. The Hall–Kier alpha value is -1.53. The summed E-state index contributed by atoms with van der Waals surface area (Å²) in [6, 6.07) is 3.59. The molecular weight excluding hydrogens is 310 g/mol. The number of hydrogen-bond donors (Lipinski definition) is 1. The van der Waals surface area contributed by atoms with Crippen LogP contribution in [-0.4, -0.2) is 15.6 Å². The molecule has 1 unspecified atom stereocenters. The standard InChI is InChI=1S/C14H10ClF4NO/c15-7-3-8(16)5-9(4-7)20-6-10(17)12-11(20)1-2-14(18,19)13(12)21/h3-6,13,21H,1-2H2. The highest BCUT2D eigenvalue weighted by atomic mass is 35.5. The van der Waals surface area contributed by atoms with Gasteiger partial charge in [0.05, 0.1) is 0 Å². The average molecular weight is 320 g/mol. The second-order valence-corrected chi connectivity index (χ2v) is 5.44. The van der Waals surface area contributed by atoms with Gasteiger partial charge in [0, 0.05) is 34.6 Å². The molecule has 0 aliphatic heterocycles. The van der Waals surface area contributed by atoms with E-state index in [4.69, 9.17) is 11.6 Å². The molecule has 112 valence electrons. The van der Waals surface area contributed by atoms with Gasteiger partial charge < -0.3 is 9.67 Å². The lowest BCUT2D eigenvalue weighted by Gasteiger charge is -2.28. The lowest BCUT2D eigenvalue weighted by atomic mass is 9.91. The van der Waals surface area contributed by atoms with Gasteiger partial charge in [0.15, 0.2) is 0 Å². The summed E-state index contributed by atoms with van der Waals surface area (Å²) in [6.07, 6.45) is -1.97. The predicted molar refractivity (Wildman–Crippen MR) is 68.9 cm³/mol. The molecule has 3 rings (SSSR count). The molecule has 0 bridgehead atoms. The van der Waals surface area contributed by atoms with E-state index in [9.17, 15) is 22.7 Å². The van der Waals surface area contributed by atoms with Crippen molar-refractivity contribution in [2.45, 2.75) is 24.9 Å². The zero-order valence-electron chi connectivity index (χ0n) is 10.6. The minimum atomic E-state index is -3.38. The normalized spacial score (nSPS) is 20.4. The predicted octanol–water partition coefficient (Wildman–Crippen LogP) is 4.02. The first kappa shape index (κ1) is 14.4. The molecule has 1 heterocycles. The van der Waals surface area contributed by atoms with E-state index in [1.807, 2.05) is 0 Å². The molecule has 1 N–H and O–H groups in total. The van der Waals surface area contributed by atoms with Crippen LogP contribution in [-0.2, 0) is 6.42 Å². The lowest BCUT2D eigenvalue weighted by molar-refractivity contribution is -0.123. The fourth-order valence-electron chi connectivity index (χ4n) is 2.61. The molecule has 1 aliphatic rings. The highest BCUT2D eigenvalue weighted by Gasteiger charge is 2.46. The van der Waals surface area contributed by atoms with Crippen molar-refractivity contribution in [3.05, 3.63) is 52.3 Å². The maximum Gasteiger partial charge on any atom is 0.278 e. The number of benzene rings is 1. The van der Waals surface area contributed by atoms with E-state index < -0.39 is 35.6 Å². The number of aromatic nitrogens is 1. The number of halogens is 5. The molecule has 0 saturated heterocycles. The molecule has 7 heteroatoms. The number of aliphatic hydroxyl groups excluding tert-OH is 1. The fourth-order valence-corrected chi connectivity index (χ4v) is 2.83. The van der Waals surface area contributed by atoms with Gasteiger partial charge in [-0.05, 0) is 24.6 Å². The number of nitrogens with zero attached hydrogens (tertiary/aromatic N) is 1. The minimum absolute atomic E-state index is 0.106. The molecule has 0 radical (unpaired) electrons. The van der Waals surface area contributed by atoms with Crippen molar-refractivity contribution in [1.29, 1.82) is 0 Å². The van der Waals surface area contributed by atoms with E-state index in [0.717, 1.165) is 18.3 Å². The van der Waals surface area contributed by atoms with Gasteiger partial charge >= 0.3 is 0 Å². The number of hydrogen-bond acceptors (Lipinski definition) is 1. The Bertz CT molecular complexity index is 693. The second-order valence-electron chi connectivity index (χ2n) is 5.00. The van der Waals surface area contributed by atoms with Gasteiger partial charge in [0.25, 0.3) is 5.92 Å². The van der Waals surface area contributed by atoms with Crippen LogP contribution in [0, 0.1) is 11.6 Å². The summed E-state index contributed by atoms with van der Waals surface area (Å²) in [5.41, 5.74) is -0.0169. The van der Waals surface area contributed by atoms with Crippen molar-refractivity contribution in [1.82, 2.24) is 4.57 Å². The first-order valence-electron chi connectivity index (χ1n) is 6.21. The van der Waals surface area contributed by atoms with Gasteiger partial charge in [0.1, 0.15) is 17.7 Å². The third-order valence-electron chi connectivity index (χ3n) is 3.60. The second kappa shape index (κ2) is 4.74. The fraction of sp³-hybridized carbons (Fsp3) is 0.286.